The summed E-state index contributed by atoms with van der Waals surface area (Å²) in [6, 6.07) is 9.83. The van der Waals surface area contributed by atoms with E-state index in [1.165, 1.54) is 0 Å². The number of carbonyl (C=O) groups is 1. The van der Waals surface area contributed by atoms with Gasteiger partial charge in [-0.2, -0.15) is 0 Å². The molecule has 0 aliphatic carbocycles. The molecule has 3 N–H and O–H groups in total. The first-order chi connectivity index (χ1) is 7.62. The second kappa shape index (κ2) is 4.23. The SMILES string of the molecule is C[C@H]1CNC(Cc2ccccc2)(C(=O)O)N1. The number of nitrogens with one attached hydrogen (secondary N) is 2. The summed E-state index contributed by atoms with van der Waals surface area (Å²) >= 11 is 0. The fourth-order valence-electron chi connectivity index (χ4n) is 2.08. The monoisotopic (exact) mass is 220 g/mol. The molecule has 1 fully saturated rings. The van der Waals surface area contributed by atoms with Gasteiger partial charge in [0.05, 0.1) is 0 Å². The highest BCUT2D eigenvalue weighted by Crippen LogP contribution is 2.16. The average Bonchev–Trinajstić information content (AvgIpc) is 2.63. The quantitative estimate of drug-likeness (QED) is 0.697. The minimum absolute atomic E-state index is 0.180. The van der Waals surface area contributed by atoms with Crippen molar-refractivity contribution in [3.63, 3.8) is 0 Å². The van der Waals surface area contributed by atoms with E-state index in [0.29, 0.717) is 13.0 Å². The summed E-state index contributed by atoms with van der Waals surface area (Å²) in [5.74, 6) is -0.847. The largest absolute Gasteiger partial charge is 0.479 e. The Hall–Kier alpha value is -1.39. The zero-order chi connectivity index (χ0) is 11.6. The molecule has 0 bridgehead atoms. The van der Waals surface area contributed by atoms with Crippen LogP contribution in [0, 0.1) is 0 Å². The Morgan fingerprint density at radius 1 is 1.50 bits per heavy atom. The zero-order valence-corrected chi connectivity index (χ0v) is 9.23. The lowest BCUT2D eigenvalue weighted by molar-refractivity contribution is -0.145. The molecule has 1 aromatic carbocycles. The molecular weight excluding hydrogens is 204 g/mol. The molecule has 1 saturated heterocycles. The minimum atomic E-state index is -1.01. The maximum Gasteiger partial charge on any atom is 0.339 e. The van der Waals surface area contributed by atoms with Gasteiger partial charge in [0.2, 0.25) is 0 Å². The van der Waals surface area contributed by atoms with Crippen molar-refractivity contribution in [1.82, 2.24) is 10.6 Å². The van der Waals surface area contributed by atoms with E-state index in [0.717, 1.165) is 5.56 Å². The number of carboxylic acid groups (broad SMARTS) is 1. The molecule has 86 valence electrons. The van der Waals surface area contributed by atoms with Crippen molar-refractivity contribution in [3.8, 4) is 0 Å². The molecule has 1 aliphatic heterocycles. The first kappa shape index (κ1) is 11.1. The van der Waals surface area contributed by atoms with Gasteiger partial charge in [-0.05, 0) is 12.5 Å². The van der Waals surface area contributed by atoms with Crippen LogP contribution in [0.15, 0.2) is 30.3 Å². The highest BCUT2D eigenvalue weighted by atomic mass is 16.4. The number of aliphatic carboxylic acids is 1. The van der Waals surface area contributed by atoms with Gasteiger partial charge in [0.25, 0.3) is 0 Å². The summed E-state index contributed by atoms with van der Waals surface area (Å²) in [6.45, 7) is 2.65. The number of benzene rings is 1. The zero-order valence-electron chi connectivity index (χ0n) is 9.23. The van der Waals surface area contributed by atoms with Crippen molar-refractivity contribution in [2.75, 3.05) is 6.54 Å². The molecule has 1 aromatic rings. The molecule has 1 aliphatic rings. The molecule has 2 atom stereocenters. The molecule has 0 spiro atoms. The van der Waals surface area contributed by atoms with Crippen LogP contribution < -0.4 is 10.6 Å². The van der Waals surface area contributed by atoms with E-state index < -0.39 is 11.6 Å². The molecule has 4 nitrogen and oxygen atoms in total. The average molecular weight is 220 g/mol. The maximum absolute atomic E-state index is 11.3. The van der Waals surface area contributed by atoms with E-state index in [4.69, 9.17) is 0 Å². The van der Waals surface area contributed by atoms with Gasteiger partial charge in [-0.3, -0.25) is 10.6 Å². The van der Waals surface area contributed by atoms with E-state index in [9.17, 15) is 9.90 Å². The Kier molecular flexibility index (Phi) is 2.94. The van der Waals surface area contributed by atoms with E-state index in [1.54, 1.807) is 0 Å². The van der Waals surface area contributed by atoms with Crippen LogP contribution in [0.5, 0.6) is 0 Å². The third-order valence-electron chi connectivity index (χ3n) is 2.88. The lowest BCUT2D eigenvalue weighted by atomic mass is 10.0. The van der Waals surface area contributed by atoms with Crippen molar-refractivity contribution in [1.29, 1.82) is 0 Å². The predicted molar refractivity (Wildman–Crippen MR) is 61.1 cm³/mol. The van der Waals surface area contributed by atoms with Crippen LogP contribution in [-0.2, 0) is 11.2 Å². The lowest BCUT2D eigenvalue weighted by Crippen LogP contribution is -2.58. The van der Waals surface area contributed by atoms with Crippen LogP contribution in [-0.4, -0.2) is 29.3 Å². The van der Waals surface area contributed by atoms with Gasteiger partial charge in [-0.15, -0.1) is 0 Å². The minimum Gasteiger partial charge on any atom is -0.479 e. The van der Waals surface area contributed by atoms with E-state index in [2.05, 4.69) is 10.6 Å². The summed E-state index contributed by atoms with van der Waals surface area (Å²) in [5.41, 5.74) is -0.000162. The number of hydrogen-bond acceptors (Lipinski definition) is 3. The number of carboxylic acids is 1. The summed E-state index contributed by atoms with van der Waals surface area (Å²) in [7, 11) is 0. The Bertz CT molecular complexity index is 380. The van der Waals surface area contributed by atoms with Gasteiger partial charge in [0.15, 0.2) is 5.66 Å². The van der Waals surface area contributed by atoms with Crippen LogP contribution in [0.2, 0.25) is 0 Å². The number of hydrogen-bond donors (Lipinski definition) is 3. The van der Waals surface area contributed by atoms with Gasteiger partial charge >= 0.3 is 5.97 Å². The van der Waals surface area contributed by atoms with Crippen molar-refractivity contribution in [2.24, 2.45) is 0 Å². The van der Waals surface area contributed by atoms with E-state index in [1.807, 2.05) is 37.3 Å². The molecule has 0 saturated carbocycles. The smallest absolute Gasteiger partial charge is 0.339 e. The third-order valence-corrected chi connectivity index (χ3v) is 2.88. The standard InChI is InChI=1S/C12H16N2O2/c1-9-8-13-12(14-9,11(15)16)7-10-5-3-2-4-6-10/h2-6,9,13-14H,7-8H2,1H3,(H,15,16)/t9-,12?/m0/s1. The van der Waals surface area contributed by atoms with Gasteiger partial charge in [0.1, 0.15) is 0 Å². The van der Waals surface area contributed by atoms with Crippen LogP contribution in [0.3, 0.4) is 0 Å². The fraction of sp³-hybridized carbons (Fsp3) is 0.417. The lowest BCUT2D eigenvalue weighted by Gasteiger charge is -2.25. The highest BCUT2D eigenvalue weighted by molar-refractivity contribution is 5.79. The van der Waals surface area contributed by atoms with E-state index >= 15 is 0 Å². The Morgan fingerprint density at radius 2 is 2.19 bits per heavy atom. The van der Waals surface area contributed by atoms with Gasteiger partial charge in [0, 0.05) is 19.0 Å². The van der Waals surface area contributed by atoms with E-state index in [-0.39, 0.29) is 6.04 Å². The molecule has 4 heteroatoms. The molecule has 1 heterocycles. The molecule has 1 unspecified atom stereocenters. The first-order valence-electron chi connectivity index (χ1n) is 5.42. The van der Waals surface area contributed by atoms with Crippen LogP contribution in [0.1, 0.15) is 12.5 Å². The van der Waals surface area contributed by atoms with Gasteiger partial charge in [-0.1, -0.05) is 30.3 Å². The number of rotatable bonds is 3. The normalized spacial score (nSPS) is 29.2. The summed E-state index contributed by atoms with van der Waals surface area (Å²) < 4.78 is 0. The first-order valence-corrected chi connectivity index (χ1v) is 5.42. The van der Waals surface area contributed by atoms with Crippen molar-refractivity contribution in [3.05, 3.63) is 35.9 Å². The molecule has 16 heavy (non-hydrogen) atoms. The van der Waals surface area contributed by atoms with Crippen LogP contribution in [0.4, 0.5) is 0 Å². The van der Waals surface area contributed by atoms with Gasteiger partial charge < -0.3 is 5.11 Å². The highest BCUT2D eigenvalue weighted by Gasteiger charge is 2.43. The second-order valence-electron chi connectivity index (χ2n) is 4.30. The summed E-state index contributed by atoms with van der Waals surface area (Å²) in [6.07, 6.45) is 0.452. The van der Waals surface area contributed by atoms with Crippen molar-refractivity contribution >= 4 is 5.97 Å². The Labute approximate surface area is 94.7 Å². The molecular formula is C12H16N2O2. The molecule has 0 aromatic heterocycles. The van der Waals surface area contributed by atoms with Crippen LogP contribution >= 0.6 is 0 Å². The fourth-order valence-corrected chi connectivity index (χ4v) is 2.08. The Morgan fingerprint density at radius 3 is 2.69 bits per heavy atom. The molecule has 2 rings (SSSR count). The van der Waals surface area contributed by atoms with Crippen molar-refractivity contribution < 1.29 is 9.90 Å². The summed E-state index contributed by atoms with van der Waals surface area (Å²) in [5, 5.41) is 15.5. The van der Waals surface area contributed by atoms with Gasteiger partial charge in [-0.25, -0.2) is 4.79 Å². The summed E-state index contributed by atoms with van der Waals surface area (Å²) in [4.78, 5) is 11.3. The predicted octanol–water partition coefficient (Wildman–Crippen LogP) is 0.591. The maximum atomic E-state index is 11.3. The molecule has 0 radical (unpaired) electrons. The van der Waals surface area contributed by atoms with Crippen LogP contribution in [0.25, 0.3) is 0 Å². The van der Waals surface area contributed by atoms with Crippen molar-refractivity contribution in [2.45, 2.75) is 25.0 Å². The molecule has 0 amide bonds. The topological polar surface area (TPSA) is 61.4 Å². The Balaban J connectivity index is 2.19. The second-order valence-corrected chi connectivity index (χ2v) is 4.30. The third kappa shape index (κ3) is 2.08.